The number of allylic oxidation sites excluding steroid dienone is 2. The molecule has 0 spiro atoms. The van der Waals surface area contributed by atoms with Gasteiger partial charge >= 0.3 is 0 Å². The second-order valence-corrected chi connectivity index (χ2v) is 6.13. The maximum absolute atomic E-state index is 12.9. The smallest absolute Gasteiger partial charge is 0.189 e. The lowest BCUT2D eigenvalue weighted by atomic mass is 9.90. The first-order valence-electron chi connectivity index (χ1n) is 8.60. The lowest BCUT2D eigenvalue weighted by molar-refractivity contribution is 0.0998. The summed E-state index contributed by atoms with van der Waals surface area (Å²) in [6, 6.07) is 28.0. The van der Waals surface area contributed by atoms with Crippen molar-refractivity contribution in [3.8, 4) is 0 Å². The first kappa shape index (κ1) is 17.6. The van der Waals surface area contributed by atoms with E-state index in [4.69, 9.17) is 0 Å². The number of carbonyl (C=O) groups is 2. The van der Waals surface area contributed by atoms with Crippen LogP contribution in [0.1, 0.15) is 39.6 Å². The van der Waals surface area contributed by atoms with Crippen LogP contribution in [-0.4, -0.2) is 11.6 Å². The quantitative estimate of drug-likeness (QED) is 0.431. The van der Waals surface area contributed by atoms with Gasteiger partial charge in [-0.2, -0.15) is 0 Å². The summed E-state index contributed by atoms with van der Waals surface area (Å²) in [5.74, 6) is -0.0463. The molecule has 128 valence electrons. The molecule has 0 bridgehead atoms. The van der Waals surface area contributed by atoms with Crippen LogP contribution in [-0.2, 0) is 0 Å². The molecule has 0 amide bonds. The van der Waals surface area contributed by atoms with E-state index in [1.165, 1.54) is 0 Å². The standard InChI is InChI=1S/C24H20O2/c1-18(24(26)21-15-9-4-10-16-21)22(19-11-5-2-6-12-19)17-23(25)20-13-7-3-8-14-20/h2-16H,17H2,1H3/b22-18+. The van der Waals surface area contributed by atoms with E-state index in [-0.39, 0.29) is 18.0 Å². The Morgan fingerprint density at radius 1 is 0.615 bits per heavy atom. The highest BCUT2D eigenvalue weighted by atomic mass is 16.1. The zero-order valence-electron chi connectivity index (χ0n) is 14.7. The highest BCUT2D eigenvalue weighted by molar-refractivity contribution is 6.15. The number of Topliss-reactive ketones (excluding diaryl/α,β-unsaturated/α-hetero) is 2. The molecule has 3 aromatic carbocycles. The van der Waals surface area contributed by atoms with Crippen molar-refractivity contribution < 1.29 is 9.59 Å². The van der Waals surface area contributed by atoms with Crippen LogP contribution >= 0.6 is 0 Å². The van der Waals surface area contributed by atoms with E-state index in [0.29, 0.717) is 16.7 Å². The summed E-state index contributed by atoms with van der Waals surface area (Å²) in [5, 5.41) is 0. The van der Waals surface area contributed by atoms with E-state index >= 15 is 0 Å². The minimum atomic E-state index is -0.0506. The molecule has 3 rings (SSSR count). The van der Waals surface area contributed by atoms with E-state index in [0.717, 1.165) is 11.1 Å². The summed E-state index contributed by atoms with van der Waals surface area (Å²) in [6.45, 7) is 1.80. The molecule has 0 aliphatic carbocycles. The van der Waals surface area contributed by atoms with Crippen LogP contribution in [0.5, 0.6) is 0 Å². The van der Waals surface area contributed by atoms with Crippen LogP contribution in [0.2, 0.25) is 0 Å². The Balaban J connectivity index is 2.01. The third kappa shape index (κ3) is 4.04. The molecular formula is C24H20O2. The molecule has 2 nitrogen and oxygen atoms in total. The Bertz CT molecular complexity index is 924. The fourth-order valence-electron chi connectivity index (χ4n) is 2.92. The topological polar surface area (TPSA) is 34.1 Å². The van der Waals surface area contributed by atoms with Crippen molar-refractivity contribution in [2.24, 2.45) is 0 Å². The van der Waals surface area contributed by atoms with Crippen molar-refractivity contribution in [2.45, 2.75) is 13.3 Å². The predicted molar refractivity (Wildman–Crippen MR) is 105 cm³/mol. The minimum Gasteiger partial charge on any atom is -0.294 e. The average Bonchev–Trinajstić information content (AvgIpc) is 2.72. The van der Waals surface area contributed by atoms with Crippen molar-refractivity contribution in [3.05, 3.63) is 113 Å². The average molecular weight is 340 g/mol. The first-order chi connectivity index (χ1) is 12.7. The number of ketones is 2. The molecule has 0 heterocycles. The number of hydrogen-bond donors (Lipinski definition) is 0. The molecule has 2 heteroatoms. The molecule has 0 unspecified atom stereocenters. The molecule has 3 aromatic rings. The van der Waals surface area contributed by atoms with Gasteiger partial charge in [0.15, 0.2) is 11.6 Å². The van der Waals surface area contributed by atoms with Crippen molar-refractivity contribution in [1.82, 2.24) is 0 Å². The fourth-order valence-corrected chi connectivity index (χ4v) is 2.92. The van der Waals surface area contributed by atoms with Gasteiger partial charge in [-0.1, -0.05) is 91.0 Å². The summed E-state index contributed by atoms with van der Waals surface area (Å²) in [7, 11) is 0. The van der Waals surface area contributed by atoms with Crippen LogP contribution in [0.25, 0.3) is 5.57 Å². The second-order valence-electron chi connectivity index (χ2n) is 6.13. The van der Waals surface area contributed by atoms with Gasteiger partial charge in [0.2, 0.25) is 0 Å². The molecule has 0 N–H and O–H groups in total. The zero-order chi connectivity index (χ0) is 18.4. The van der Waals surface area contributed by atoms with E-state index in [2.05, 4.69) is 0 Å². The molecule has 26 heavy (non-hydrogen) atoms. The van der Waals surface area contributed by atoms with Gasteiger partial charge < -0.3 is 0 Å². The monoisotopic (exact) mass is 340 g/mol. The highest BCUT2D eigenvalue weighted by Crippen LogP contribution is 2.26. The third-order valence-electron chi connectivity index (χ3n) is 4.38. The van der Waals surface area contributed by atoms with Gasteiger partial charge in [0.05, 0.1) is 0 Å². The van der Waals surface area contributed by atoms with Crippen LogP contribution in [0.4, 0.5) is 0 Å². The summed E-state index contributed by atoms with van der Waals surface area (Å²) >= 11 is 0. The maximum atomic E-state index is 12.9. The van der Waals surface area contributed by atoms with Crippen molar-refractivity contribution in [2.75, 3.05) is 0 Å². The first-order valence-corrected chi connectivity index (χ1v) is 8.60. The third-order valence-corrected chi connectivity index (χ3v) is 4.38. The van der Waals surface area contributed by atoms with Crippen LogP contribution in [0, 0.1) is 0 Å². The van der Waals surface area contributed by atoms with E-state index in [1.54, 1.807) is 31.2 Å². The second kappa shape index (κ2) is 8.21. The number of carbonyl (C=O) groups excluding carboxylic acids is 2. The minimum absolute atomic E-state index is 0.00432. The lowest BCUT2D eigenvalue weighted by Gasteiger charge is -2.12. The Labute approximate surface area is 153 Å². The normalized spacial score (nSPS) is 11.6. The summed E-state index contributed by atoms with van der Waals surface area (Å²) < 4.78 is 0. The molecular weight excluding hydrogens is 320 g/mol. The fraction of sp³-hybridized carbons (Fsp3) is 0.0833. The SMILES string of the molecule is C/C(C(=O)c1ccccc1)=C(/CC(=O)c1ccccc1)c1ccccc1. The van der Waals surface area contributed by atoms with E-state index in [1.807, 2.05) is 66.7 Å². The van der Waals surface area contributed by atoms with Crippen molar-refractivity contribution in [1.29, 1.82) is 0 Å². The van der Waals surface area contributed by atoms with Gasteiger partial charge in [-0.15, -0.1) is 0 Å². The Morgan fingerprint density at radius 2 is 1.04 bits per heavy atom. The van der Waals surface area contributed by atoms with Gasteiger partial charge in [-0.25, -0.2) is 0 Å². The molecule has 0 aliphatic rings. The molecule has 0 radical (unpaired) electrons. The Kier molecular flexibility index (Phi) is 5.55. The van der Waals surface area contributed by atoms with Gasteiger partial charge in [0.1, 0.15) is 0 Å². The van der Waals surface area contributed by atoms with E-state index in [9.17, 15) is 9.59 Å². The van der Waals surface area contributed by atoms with Crippen LogP contribution in [0.3, 0.4) is 0 Å². The van der Waals surface area contributed by atoms with Crippen LogP contribution in [0.15, 0.2) is 96.6 Å². The van der Waals surface area contributed by atoms with E-state index < -0.39 is 0 Å². The van der Waals surface area contributed by atoms with Gasteiger partial charge in [0.25, 0.3) is 0 Å². The highest BCUT2D eigenvalue weighted by Gasteiger charge is 2.18. The van der Waals surface area contributed by atoms with Gasteiger partial charge in [-0.05, 0) is 18.1 Å². The Hall–Kier alpha value is -3.26. The molecule has 0 atom stereocenters. The number of rotatable bonds is 6. The van der Waals surface area contributed by atoms with Crippen LogP contribution < -0.4 is 0 Å². The molecule has 0 aromatic heterocycles. The molecule has 0 aliphatic heterocycles. The van der Waals surface area contributed by atoms with Crippen molar-refractivity contribution in [3.63, 3.8) is 0 Å². The number of benzene rings is 3. The summed E-state index contributed by atoms with van der Waals surface area (Å²) in [4.78, 5) is 25.7. The molecule has 0 saturated carbocycles. The summed E-state index contributed by atoms with van der Waals surface area (Å²) in [6.07, 6.45) is 0.193. The van der Waals surface area contributed by atoms with Crippen molar-refractivity contribution >= 4 is 17.1 Å². The Morgan fingerprint density at radius 3 is 1.54 bits per heavy atom. The maximum Gasteiger partial charge on any atom is 0.189 e. The van der Waals surface area contributed by atoms with Gasteiger partial charge in [0, 0.05) is 23.1 Å². The molecule has 0 saturated heterocycles. The number of hydrogen-bond acceptors (Lipinski definition) is 2. The zero-order valence-corrected chi connectivity index (χ0v) is 14.7. The van der Waals surface area contributed by atoms with Gasteiger partial charge in [-0.3, -0.25) is 9.59 Å². The largest absolute Gasteiger partial charge is 0.294 e. The molecule has 0 fully saturated rings. The predicted octanol–water partition coefficient (Wildman–Crippen LogP) is 5.62. The summed E-state index contributed by atoms with van der Waals surface area (Å²) in [5.41, 5.74) is 3.56. The lowest BCUT2D eigenvalue weighted by Crippen LogP contribution is -2.07.